The van der Waals surface area contributed by atoms with Gasteiger partial charge in [-0.05, 0) is 36.8 Å². The van der Waals surface area contributed by atoms with Crippen molar-refractivity contribution < 1.29 is 0 Å². The van der Waals surface area contributed by atoms with Crippen molar-refractivity contribution in [3.8, 4) is 0 Å². The van der Waals surface area contributed by atoms with E-state index in [0.29, 0.717) is 5.41 Å². The van der Waals surface area contributed by atoms with Crippen LogP contribution in [0, 0.1) is 5.41 Å². The summed E-state index contributed by atoms with van der Waals surface area (Å²) in [5, 5.41) is 0. The van der Waals surface area contributed by atoms with Crippen LogP contribution in [0.15, 0.2) is 12.1 Å². The minimum Gasteiger partial charge on any atom is -0.128 e. The first-order valence-electron chi connectivity index (χ1n) is 8.84. The van der Waals surface area contributed by atoms with E-state index in [0.717, 1.165) is 4.34 Å². The minimum atomic E-state index is 0.468. The molecule has 0 fully saturated rings. The molecule has 1 heterocycles. The van der Waals surface area contributed by atoms with Crippen molar-refractivity contribution >= 4 is 22.9 Å². The van der Waals surface area contributed by atoms with E-state index in [9.17, 15) is 0 Å². The molecule has 1 atom stereocenters. The summed E-state index contributed by atoms with van der Waals surface area (Å²) in [5.41, 5.74) is 0.468. The maximum Gasteiger partial charge on any atom is 0.0931 e. The number of halogens is 1. The van der Waals surface area contributed by atoms with Crippen molar-refractivity contribution in [3.63, 3.8) is 0 Å². The smallest absolute Gasteiger partial charge is 0.0931 e. The molecule has 1 aromatic rings. The lowest BCUT2D eigenvalue weighted by Crippen LogP contribution is -2.19. The van der Waals surface area contributed by atoms with Gasteiger partial charge in [-0.15, -0.1) is 11.3 Å². The molecular weight excluding hydrogens is 296 g/mol. The third-order valence-corrected chi connectivity index (χ3v) is 5.73. The molecule has 0 saturated carbocycles. The van der Waals surface area contributed by atoms with Crippen LogP contribution >= 0.6 is 22.9 Å². The van der Waals surface area contributed by atoms with E-state index in [-0.39, 0.29) is 0 Å². The molecule has 0 aliphatic carbocycles. The number of hydrogen-bond donors (Lipinski definition) is 0. The molecule has 0 amide bonds. The molecule has 0 aromatic carbocycles. The summed E-state index contributed by atoms with van der Waals surface area (Å²) in [4.78, 5) is 1.47. The Bertz CT molecular complexity index is 371. The van der Waals surface area contributed by atoms with Crippen molar-refractivity contribution in [2.75, 3.05) is 0 Å². The van der Waals surface area contributed by atoms with Crippen LogP contribution in [0.25, 0.3) is 0 Å². The number of unbranched alkanes of at least 4 members (excludes halogenated alkanes) is 6. The fraction of sp³-hybridized carbons (Fsp3) is 0.789. The first-order chi connectivity index (χ1) is 10.1. The summed E-state index contributed by atoms with van der Waals surface area (Å²) in [6, 6.07) is 4.28. The molecule has 2 heteroatoms. The van der Waals surface area contributed by atoms with Crippen LogP contribution in [0.4, 0.5) is 0 Å². The molecule has 1 unspecified atom stereocenters. The molecule has 0 radical (unpaired) electrons. The second kappa shape index (κ2) is 10.7. The molecule has 122 valence electrons. The van der Waals surface area contributed by atoms with Gasteiger partial charge in [0.1, 0.15) is 0 Å². The molecule has 0 spiro atoms. The lowest BCUT2D eigenvalue weighted by atomic mass is 9.76. The molecule has 0 aliphatic rings. The van der Waals surface area contributed by atoms with Gasteiger partial charge in [0.25, 0.3) is 0 Å². The normalized spacial score (nSPS) is 14.3. The number of thiophene rings is 1. The van der Waals surface area contributed by atoms with E-state index in [2.05, 4.69) is 32.9 Å². The lowest BCUT2D eigenvalue weighted by molar-refractivity contribution is 0.251. The van der Waals surface area contributed by atoms with Crippen LogP contribution in [0.1, 0.15) is 89.9 Å². The Morgan fingerprint density at radius 2 is 1.48 bits per heavy atom. The van der Waals surface area contributed by atoms with E-state index >= 15 is 0 Å². The Kier molecular flexibility index (Phi) is 9.67. The highest BCUT2D eigenvalue weighted by Gasteiger charge is 2.24. The Morgan fingerprint density at radius 1 is 0.905 bits per heavy atom. The molecule has 0 N–H and O–H groups in total. The largest absolute Gasteiger partial charge is 0.128 e. The van der Waals surface area contributed by atoms with Crippen molar-refractivity contribution in [1.29, 1.82) is 0 Å². The standard InChI is InChI=1S/C19H33ClS/c1-4-6-8-9-11-15-19(3,14-10-7-5-2)16-17-12-13-18(20)21-17/h12-13H,4-11,14-16H2,1-3H3. The van der Waals surface area contributed by atoms with Crippen LogP contribution < -0.4 is 0 Å². The molecule has 0 saturated heterocycles. The fourth-order valence-corrected chi connectivity index (χ4v) is 4.43. The van der Waals surface area contributed by atoms with Gasteiger partial charge in [0, 0.05) is 4.88 Å². The molecule has 1 rings (SSSR count). The predicted molar refractivity (Wildman–Crippen MR) is 98.7 cm³/mol. The third-order valence-electron chi connectivity index (χ3n) is 4.50. The van der Waals surface area contributed by atoms with Gasteiger partial charge >= 0.3 is 0 Å². The minimum absolute atomic E-state index is 0.468. The van der Waals surface area contributed by atoms with Crippen molar-refractivity contribution in [2.24, 2.45) is 5.41 Å². The average Bonchev–Trinajstić information content (AvgIpc) is 2.84. The summed E-state index contributed by atoms with van der Waals surface area (Å²) >= 11 is 7.86. The molecule has 0 bridgehead atoms. The highest BCUT2D eigenvalue weighted by Crippen LogP contribution is 2.37. The summed E-state index contributed by atoms with van der Waals surface area (Å²) in [7, 11) is 0. The topological polar surface area (TPSA) is 0 Å². The van der Waals surface area contributed by atoms with E-state index in [1.807, 2.05) is 0 Å². The Balaban J connectivity index is 2.47. The highest BCUT2D eigenvalue weighted by atomic mass is 35.5. The molecule has 0 nitrogen and oxygen atoms in total. The van der Waals surface area contributed by atoms with Crippen molar-refractivity contribution in [3.05, 3.63) is 21.3 Å². The van der Waals surface area contributed by atoms with Gasteiger partial charge in [0.05, 0.1) is 4.34 Å². The van der Waals surface area contributed by atoms with Crippen LogP contribution in [0.5, 0.6) is 0 Å². The Labute approximate surface area is 141 Å². The molecule has 21 heavy (non-hydrogen) atoms. The van der Waals surface area contributed by atoms with Gasteiger partial charge in [-0.2, -0.15) is 0 Å². The number of hydrogen-bond acceptors (Lipinski definition) is 1. The van der Waals surface area contributed by atoms with E-state index in [1.54, 1.807) is 11.3 Å². The second-order valence-corrected chi connectivity index (χ2v) is 8.61. The fourth-order valence-electron chi connectivity index (χ4n) is 3.13. The SMILES string of the molecule is CCCCCCCC(C)(CCCCC)Cc1ccc(Cl)s1. The zero-order valence-electron chi connectivity index (χ0n) is 14.2. The van der Waals surface area contributed by atoms with Crippen LogP contribution in [0.2, 0.25) is 4.34 Å². The Hall–Kier alpha value is -0.0100. The highest BCUT2D eigenvalue weighted by molar-refractivity contribution is 7.16. The molecule has 0 aliphatic heterocycles. The average molecular weight is 329 g/mol. The molecule has 1 aromatic heterocycles. The molecular formula is C19H33ClS. The first kappa shape index (κ1) is 19.0. The summed E-state index contributed by atoms with van der Waals surface area (Å²) in [6.07, 6.45) is 14.9. The van der Waals surface area contributed by atoms with Gasteiger partial charge in [-0.3, -0.25) is 0 Å². The first-order valence-corrected chi connectivity index (χ1v) is 10.0. The van der Waals surface area contributed by atoms with Gasteiger partial charge < -0.3 is 0 Å². The van der Waals surface area contributed by atoms with Gasteiger partial charge in [-0.1, -0.05) is 83.7 Å². The van der Waals surface area contributed by atoms with Crippen molar-refractivity contribution in [2.45, 2.75) is 91.4 Å². The predicted octanol–water partition coefficient (Wildman–Crippen LogP) is 7.89. The van der Waals surface area contributed by atoms with Crippen LogP contribution in [0.3, 0.4) is 0 Å². The lowest BCUT2D eigenvalue weighted by Gasteiger charge is -2.29. The maximum absolute atomic E-state index is 6.10. The van der Waals surface area contributed by atoms with E-state index in [1.165, 1.54) is 75.5 Å². The summed E-state index contributed by atoms with van der Waals surface area (Å²) < 4.78 is 0.934. The third kappa shape index (κ3) is 8.26. The monoisotopic (exact) mass is 328 g/mol. The van der Waals surface area contributed by atoms with E-state index in [4.69, 9.17) is 11.6 Å². The zero-order valence-corrected chi connectivity index (χ0v) is 15.8. The quantitative estimate of drug-likeness (QED) is 0.342. The van der Waals surface area contributed by atoms with Gasteiger partial charge in [0.15, 0.2) is 0 Å². The van der Waals surface area contributed by atoms with Crippen molar-refractivity contribution in [1.82, 2.24) is 0 Å². The Morgan fingerprint density at radius 3 is 2.05 bits per heavy atom. The van der Waals surface area contributed by atoms with Crippen LogP contribution in [-0.2, 0) is 6.42 Å². The van der Waals surface area contributed by atoms with Gasteiger partial charge in [0.2, 0.25) is 0 Å². The van der Waals surface area contributed by atoms with Crippen LogP contribution in [-0.4, -0.2) is 0 Å². The summed E-state index contributed by atoms with van der Waals surface area (Å²) in [5.74, 6) is 0. The van der Waals surface area contributed by atoms with E-state index < -0.39 is 0 Å². The maximum atomic E-state index is 6.10. The van der Waals surface area contributed by atoms with Gasteiger partial charge in [-0.25, -0.2) is 0 Å². The summed E-state index contributed by atoms with van der Waals surface area (Å²) in [6.45, 7) is 7.08. The number of rotatable bonds is 12. The second-order valence-electron chi connectivity index (χ2n) is 6.81. The zero-order chi connectivity index (χ0) is 15.6.